The van der Waals surface area contributed by atoms with E-state index >= 15 is 4.39 Å². The molecule has 2 N–H and O–H groups in total. The molecule has 0 saturated carbocycles. The Bertz CT molecular complexity index is 1290. The molecule has 1 aromatic carbocycles. The molecule has 3 aromatic heterocycles. The number of hydrogen-bond donors (Lipinski definition) is 2. The summed E-state index contributed by atoms with van der Waals surface area (Å²) in [4.78, 5) is 4.41. The monoisotopic (exact) mass is 387 g/mol. The van der Waals surface area contributed by atoms with E-state index in [0.29, 0.717) is 22.0 Å². The Balaban J connectivity index is 1.99. The van der Waals surface area contributed by atoms with E-state index in [4.69, 9.17) is 0 Å². The Hall–Kier alpha value is -2.94. The van der Waals surface area contributed by atoms with Gasteiger partial charge in [-0.2, -0.15) is 5.10 Å². The smallest absolute Gasteiger partial charge is 0.151 e. The van der Waals surface area contributed by atoms with Gasteiger partial charge in [0.05, 0.1) is 23.7 Å². The SMILES string of the molecule is CNc1cn2cc(-c3c(C)c(F)c(CS(C)(=O)=O)c4[nH]ncc34)ccc2n1. The molecule has 0 radical (unpaired) electrons. The molecule has 0 spiro atoms. The van der Waals surface area contributed by atoms with Crippen molar-refractivity contribution in [1.82, 2.24) is 19.6 Å². The molecule has 0 saturated heterocycles. The number of pyridine rings is 1. The summed E-state index contributed by atoms with van der Waals surface area (Å²) in [6, 6.07) is 3.72. The van der Waals surface area contributed by atoms with Crippen LogP contribution in [0, 0.1) is 12.7 Å². The molecule has 0 aliphatic heterocycles. The first-order chi connectivity index (χ1) is 12.8. The highest BCUT2D eigenvalue weighted by Gasteiger charge is 2.22. The van der Waals surface area contributed by atoms with E-state index in [0.717, 1.165) is 23.3 Å². The third kappa shape index (κ3) is 2.93. The van der Waals surface area contributed by atoms with Crippen molar-refractivity contribution in [3.63, 3.8) is 0 Å². The Kier molecular flexibility index (Phi) is 3.92. The normalized spacial score (nSPS) is 12.1. The van der Waals surface area contributed by atoms with Crippen molar-refractivity contribution in [2.45, 2.75) is 12.7 Å². The predicted molar refractivity (Wildman–Crippen MR) is 103 cm³/mol. The zero-order chi connectivity index (χ0) is 19.3. The summed E-state index contributed by atoms with van der Waals surface area (Å²) in [6.45, 7) is 1.65. The Labute approximate surface area is 155 Å². The Morgan fingerprint density at radius 2 is 2.07 bits per heavy atom. The van der Waals surface area contributed by atoms with E-state index in [-0.39, 0.29) is 11.3 Å². The van der Waals surface area contributed by atoms with Gasteiger partial charge in [-0.25, -0.2) is 17.8 Å². The van der Waals surface area contributed by atoms with Gasteiger partial charge < -0.3 is 9.72 Å². The fourth-order valence-corrected chi connectivity index (χ4v) is 4.18. The summed E-state index contributed by atoms with van der Waals surface area (Å²) in [5.41, 5.74) is 3.13. The Morgan fingerprint density at radius 3 is 2.78 bits per heavy atom. The predicted octanol–water partition coefficient (Wildman–Crippen LogP) is 2.91. The van der Waals surface area contributed by atoms with Crippen molar-refractivity contribution in [2.24, 2.45) is 0 Å². The fraction of sp³-hybridized carbons (Fsp3) is 0.222. The van der Waals surface area contributed by atoms with Crippen molar-refractivity contribution in [2.75, 3.05) is 18.6 Å². The maximum atomic E-state index is 15.1. The van der Waals surface area contributed by atoms with E-state index in [2.05, 4.69) is 20.5 Å². The van der Waals surface area contributed by atoms with Crippen molar-refractivity contribution in [3.05, 3.63) is 47.7 Å². The average molecular weight is 387 g/mol. The van der Waals surface area contributed by atoms with Crippen LogP contribution in [0.5, 0.6) is 0 Å². The van der Waals surface area contributed by atoms with E-state index in [9.17, 15) is 8.42 Å². The van der Waals surface area contributed by atoms with Gasteiger partial charge in [0.2, 0.25) is 0 Å². The van der Waals surface area contributed by atoms with Crippen LogP contribution >= 0.6 is 0 Å². The largest absolute Gasteiger partial charge is 0.372 e. The average Bonchev–Trinajstić information content (AvgIpc) is 3.24. The van der Waals surface area contributed by atoms with E-state index in [1.807, 2.05) is 28.9 Å². The number of rotatable bonds is 4. The van der Waals surface area contributed by atoms with E-state index < -0.39 is 15.7 Å². The van der Waals surface area contributed by atoms with Gasteiger partial charge in [-0.1, -0.05) is 0 Å². The number of halogens is 1. The number of sulfone groups is 1. The second-order valence-electron chi connectivity index (χ2n) is 6.58. The second kappa shape index (κ2) is 6.05. The lowest BCUT2D eigenvalue weighted by Crippen LogP contribution is -2.06. The van der Waals surface area contributed by atoms with Crippen LogP contribution in [-0.4, -0.2) is 41.3 Å². The van der Waals surface area contributed by atoms with Crippen LogP contribution < -0.4 is 5.32 Å². The van der Waals surface area contributed by atoms with Gasteiger partial charge in [-0.3, -0.25) is 5.10 Å². The van der Waals surface area contributed by atoms with Gasteiger partial charge in [0, 0.05) is 30.4 Å². The number of benzene rings is 1. The Morgan fingerprint density at radius 1 is 1.30 bits per heavy atom. The molecule has 140 valence electrons. The molecule has 0 bridgehead atoms. The van der Waals surface area contributed by atoms with Gasteiger partial charge in [0.15, 0.2) is 9.84 Å². The van der Waals surface area contributed by atoms with Gasteiger partial charge in [0.25, 0.3) is 0 Å². The fourth-order valence-electron chi connectivity index (χ4n) is 3.38. The highest BCUT2D eigenvalue weighted by Crippen LogP contribution is 2.36. The number of aromatic amines is 1. The van der Waals surface area contributed by atoms with Crippen LogP contribution in [0.4, 0.5) is 10.2 Å². The number of nitrogens with one attached hydrogen (secondary N) is 2. The minimum atomic E-state index is -3.40. The lowest BCUT2D eigenvalue weighted by atomic mass is 9.95. The molecule has 9 heteroatoms. The first-order valence-electron chi connectivity index (χ1n) is 8.27. The molecule has 0 aliphatic carbocycles. The summed E-state index contributed by atoms with van der Waals surface area (Å²) in [7, 11) is -1.61. The lowest BCUT2D eigenvalue weighted by molar-refractivity contribution is 0.590. The lowest BCUT2D eigenvalue weighted by Gasteiger charge is -2.13. The molecule has 4 rings (SSSR count). The minimum absolute atomic E-state index is 0.118. The molecule has 27 heavy (non-hydrogen) atoms. The van der Waals surface area contributed by atoms with Gasteiger partial charge in [-0.05, 0) is 35.7 Å². The molecule has 7 nitrogen and oxygen atoms in total. The topological polar surface area (TPSA) is 92.2 Å². The van der Waals surface area contributed by atoms with Crippen molar-refractivity contribution >= 4 is 32.2 Å². The molecule has 3 heterocycles. The zero-order valence-electron chi connectivity index (χ0n) is 15.0. The molecule has 4 aromatic rings. The molecule has 0 unspecified atom stereocenters. The number of fused-ring (bicyclic) bond motifs is 2. The maximum absolute atomic E-state index is 15.1. The summed E-state index contributed by atoms with van der Waals surface area (Å²) < 4.78 is 40.5. The third-order valence-electron chi connectivity index (χ3n) is 4.58. The van der Waals surface area contributed by atoms with Crippen LogP contribution in [0.1, 0.15) is 11.1 Å². The van der Waals surface area contributed by atoms with Crippen LogP contribution in [-0.2, 0) is 15.6 Å². The number of imidazole rings is 1. The first-order valence-corrected chi connectivity index (χ1v) is 10.3. The second-order valence-corrected chi connectivity index (χ2v) is 8.72. The number of hydrogen-bond acceptors (Lipinski definition) is 5. The van der Waals surface area contributed by atoms with Crippen LogP contribution in [0.25, 0.3) is 27.7 Å². The van der Waals surface area contributed by atoms with Crippen molar-refractivity contribution < 1.29 is 12.8 Å². The quantitative estimate of drug-likeness (QED) is 0.562. The van der Waals surface area contributed by atoms with Crippen LogP contribution in [0.2, 0.25) is 0 Å². The first kappa shape index (κ1) is 17.5. The summed E-state index contributed by atoms with van der Waals surface area (Å²) in [6.07, 6.45) is 6.40. The van der Waals surface area contributed by atoms with E-state index in [1.165, 1.54) is 0 Å². The highest BCUT2D eigenvalue weighted by atomic mass is 32.2. The molecular formula is C18H18FN5O2S. The molecular weight excluding hydrogens is 369 g/mol. The van der Waals surface area contributed by atoms with E-state index in [1.54, 1.807) is 20.2 Å². The third-order valence-corrected chi connectivity index (χ3v) is 5.40. The number of anilines is 1. The molecule has 0 aliphatic rings. The highest BCUT2D eigenvalue weighted by molar-refractivity contribution is 7.89. The van der Waals surface area contributed by atoms with Gasteiger partial charge >= 0.3 is 0 Å². The molecule has 0 amide bonds. The number of nitrogens with zero attached hydrogens (tertiary/aromatic N) is 3. The summed E-state index contributed by atoms with van der Waals surface area (Å²) in [5, 5.41) is 10.4. The van der Waals surface area contributed by atoms with Crippen LogP contribution in [0.15, 0.2) is 30.7 Å². The number of aromatic nitrogens is 4. The standard InChI is InChI=1S/C18H18FN5O2S/c1-10-16(11-4-5-15-22-14(20-2)8-24(15)7-11)12-6-21-23-18(12)13(17(10)19)9-27(3,25)26/h4-8,20H,9H2,1-3H3,(H,21,23). The van der Waals surface area contributed by atoms with Crippen molar-refractivity contribution in [3.8, 4) is 11.1 Å². The minimum Gasteiger partial charge on any atom is -0.372 e. The summed E-state index contributed by atoms with van der Waals surface area (Å²) >= 11 is 0. The summed E-state index contributed by atoms with van der Waals surface area (Å²) in [5.74, 6) is -0.189. The molecule has 0 fully saturated rings. The molecule has 0 atom stereocenters. The maximum Gasteiger partial charge on any atom is 0.151 e. The van der Waals surface area contributed by atoms with Crippen molar-refractivity contribution in [1.29, 1.82) is 0 Å². The van der Waals surface area contributed by atoms with Gasteiger partial charge in [-0.15, -0.1) is 0 Å². The number of H-pyrrole nitrogens is 1. The van der Waals surface area contributed by atoms with Crippen LogP contribution in [0.3, 0.4) is 0 Å². The van der Waals surface area contributed by atoms with Gasteiger partial charge in [0.1, 0.15) is 17.3 Å². The zero-order valence-corrected chi connectivity index (χ0v) is 15.9.